The molecule has 0 unspecified atom stereocenters. The Hall–Kier alpha value is -2.51. The number of nitrogens with one attached hydrogen (secondary N) is 3. The van der Waals surface area contributed by atoms with Crippen LogP contribution in [0, 0.1) is 22.7 Å². The van der Waals surface area contributed by atoms with Crippen molar-refractivity contribution in [3.05, 3.63) is 35.5 Å². The largest absolute Gasteiger partial charge is 0.383 e. The third kappa shape index (κ3) is 7.29. The van der Waals surface area contributed by atoms with Crippen molar-refractivity contribution in [2.24, 2.45) is 5.41 Å². The summed E-state index contributed by atoms with van der Waals surface area (Å²) in [7, 11) is 1.73. The topological polar surface area (TPSA) is 104 Å². The fraction of sp³-hybridized carbons (Fsp3) is 0.593. The van der Waals surface area contributed by atoms with Crippen molar-refractivity contribution in [2.75, 3.05) is 44.1 Å². The molecule has 2 aromatic heterocycles. The number of rotatable bonds is 10. The van der Waals surface area contributed by atoms with E-state index in [2.05, 4.69) is 38.9 Å². The van der Waals surface area contributed by atoms with E-state index in [1.807, 2.05) is 6.07 Å². The van der Waals surface area contributed by atoms with Gasteiger partial charge in [0.2, 0.25) is 5.95 Å². The second-order valence-corrected chi connectivity index (χ2v) is 10.6. The molecule has 1 aliphatic carbocycles. The predicted octanol–water partition coefficient (Wildman–Crippen LogP) is 5.02. The zero-order valence-corrected chi connectivity index (χ0v) is 22.3. The highest BCUT2D eigenvalue weighted by atomic mass is 35.5. The average Bonchev–Trinajstić information content (AvgIpc) is 2.91. The highest BCUT2D eigenvalue weighted by Gasteiger charge is 2.33. The molecule has 2 fully saturated rings. The monoisotopic (exact) mass is 530 g/mol. The van der Waals surface area contributed by atoms with Crippen LogP contribution in [0.4, 0.5) is 15.9 Å². The molecule has 200 valence electrons. The lowest BCUT2D eigenvalue weighted by atomic mass is 9.81. The highest BCUT2D eigenvalue weighted by Crippen LogP contribution is 2.34. The Bertz CT molecular complexity index is 1080. The van der Waals surface area contributed by atoms with Crippen LogP contribution in [0.1, 0.15) is 45.4 Å². The van der Waals surface area contributed by atoms with Gasteiger partial charge in [0.1, 0.15) is 5.82 Å². The van der Waals surface area contributed by atoms with Gasteiger partial charge in [0.25, 0.3) is 0 Å². The standard InChI is InChI=1S/C27H36ClFN6O2/c1-18(15-36-2)34-20-3-5-21(6-4-20)35-25-12-22(23(28)14-31-25)19-11-24(26(29)32-13-19)33-17-27(16-30)7-9-37-10-8-27/h11-14,18,20-21,33-34H,3-10,15,17H2,1-2H3,(H,31,35)/t18-,20?,21?/m1/s1. The van der Waals surface area contributed by atoms with Crippen LogP contribution < -0.4 is 16.0 Å². The zero-order chi connectivity index (χ0) is 26.3. The number of nitriles is 1. The van der Waals surface area contributed by atoms with Crippen molar-refractivity contribution in [1.82, 2.24) is 15.3 Å². The van der Waals surface area contributed by atoms with Gasteiger partial charge in [-0.25, -0.2) is 9.97 Å². The van der Waals surface area contributed by atoms with Gasteiger partial charge in [0, 0.05) is 68.5 Å². The molecule has 2 aliphatic rings. The number of hydrogen-bond donors (Lipinski definition) is 3. The van der Waals surface area contributed by atoms with Crippen LogP contribution in [0.15, 0.2) is 24.5 Å². The molecule has 0 amide bonds. The van der Waals surface area contributed by atoms with E-state index in [4.69, 9.17) is 21.1 Å². The molecule has 0 bridgehead atoms. The summed E-state index contributed by atoms with van der Waals surface area (Å²) >= 11 is 6.49. The van der Waals surface area contributed by atoms with Gasteiger partial charge in [-0.3, -0.25) is 0 Å². The molecule has 1 saturated carbocycles. The molecule has 2 aromatic rings. The van der Waals surface area contributed by atoms with Crippen molar-refractivity contribution < 1.29 is 13.9 Å². The van der Waals surface area contributed by atoms with Crippen molar-refractivity contribution in [2.45, 2.75) is 63.6 Å². The van der Waals surface area contributed by atoms with E-state index in [1.54, 1.807) is 19.4 Å². The molecule has 3 heterocycles. The van der Waals surface area contributed by atoms with E-state index in [0.717, 1.165) is 37.1 Å². The molecule has 0 radical (unpaired) electrons. The zero-order valence-electron chi connectivity index (χ0n) is 21.5. The Labute approximate surface area is 223 Å². The molecule has 3 N–H and O–H groups in total. The first-order chi connectivity index (χ1) is 17.9. The summed E-state index contributed by atoms with van der Waals surface area (Å²) < 4.78 is 25.2. The number of halogens is 2. The Balaban J connectivity index is 1.41. The minimum Gasteiger partial charge on any atom is -0.383 e. The highest BCUT2D eigenvalue weighted by molar-refractivity contribution is 6.33. The van der Waals surface area contributed by atoms with Gasteiger partial charge >= 0.3 is 0 Å². The fourth-order valence-electron chi connectivity index (χ4n) is 5.13. The lowest BCUT2D eigenvalue weighted by Crippen LogP contribution is -2.42. The van der Waals surface area contributed by atoms with Gasteiger partial charge in [-0.05, 0) is 57.6 Å². The Morgan fingerprint density at radius 3 is 2.62 bits per heavy atom. The van der Waals surface area contributed by atoms with Crippen molar-refractivity contribution in [1.29, 1.82) is 5.26 Å². The number of hydrogen-bond acceptors (Lipinski definition) is 8. The van der Waals surface area contributed by atoms with Gasteiger partial charge in [-0.15, -0.1) is 0 Å². The number of pyridine rings is 2. The fourth-order valence-corrected chi connectivity index (χ4v) is 5.34. The quantitative estimate of drug-likeness (QED) is 0.368. The Morgan fingerprint density at radius 2 is 1.92 bits per heavy atom. The number of nitrogens with zero attached hydrogens (tertiary/aromatic N) is 3. The smallest absolute Gasteiger partial charge is 0.236 e. The van der Waals surface area contributed by atoms with Crippen LogP contribution >= 0.6 is 11.6 Å². The van der Waals surface area contributed by atoms with E-state index >= 15 is 0 Å². The van der Waals surface area contributed by atoms with Crippen LogP contribution in [-0.2, 0) is 9.47 Å². The number of ether oxygens (including phenoxy) is 2. The van der Waals surface area contributed by atoms with Crippen molar-refractivity contribution in [3.8, 4) is 17.2 Å². The minimum absolute atomic E-state index is 0.245. The summed E-state index contributed by atoms with van der Waals surface area (Å²) in [6.07, 6.45) is 8.55. The van der Waals surface area contributed by atoms with E-state index in [0.29, 0.717) is 67.9 Å². The molecule has 4 rings (SSSR count). The Kier molecular flexibility index (Phi) is 9.54. The molecule has 1 atom stereocenters. The third-order valence-electron chi connectivity index (χ3n) is 7.33. The molecule has 1 saturated heterocycles. The van der Waals surface area contributed by atoms with E-state index in [1.165, 1.54) is 6.20 Å². The second kappa shape index (κ2) is 12.8. The molecular weight excluding hydrogens is 495 g/mol. The molecule has 1 aliphatic heterocycles. The second-order valence-electron chi connectivity index (χ2n) is 10.2. The van der Waals surface area contributed by atoms with Gasteiger partial charge in [0.15, 0.2) is 0 Å². The summed E-state index contributed by atoms with van der Waals surface area (Å²) in [5, 5.41) is 20.4. The third-order valence-corrected chi connectivity index (χ3v) is 7.63. The van der Waals surface area contributed by atoms with Crippen LogP contribution in [0.5, 0.6) is 0 Å². The maximum atomic E-state index is 14.6. The maximum Gasteiger partial charge on any atom is 0.236 e. The average molecular weight is 531 g/mol. The summed E-state index contributed by atoms with van der Waals surface area (Å²) in [4.78, 5) is 8.42. The summed E-state index contributed by atoms with van der Waals surface area (Å²) in [5.41, 5.74) is 1.06. The molecule has 10 heteroatoms. The number of anilines is 2. The minimum atomic E-state index is -0.613. The van der Waals surface area contributed by atoms with E-state index < -0.39 is 11.4 Å². The normalized spacial score (nSPS) is 22.1. The first-order valence-electron chi connectivity index (χ1n) is 13.0. The maximum absolute atomic E-state index is 14.6. The number of aromatic nitrogens is 2. The van der Waals surface area contributed by atoms with Gasteiger partial charge in [-0.2, -0.15) is 9.65 Å². The van der Waals surface area contributed by atoms with Crippen LogP contribution in [0.2, 0.25) is 5.02 Å². The molecule has 37 heavy (non-hydrogen) atoms. The molecular formula is C27H36ClFN6O2. The van der Waals surface area contributed by atoms with Gasteiger partial charge in [0.05, 0.1) is 28.8 Å². The van der Waals surface area contributed by atoms with Crippen LogP contribution in [-0.4, -0.2) is 61.6 Å². The van der Waals surface area contributed by atoms with Gasteiger partial charge < -0.3 is 25.4 Å². The SMILES string of the molecule is COC[C@@H](C)NC1CCC(Nc2cc(-c3cnc(F)c(NCC4(C#N)CCOCC4)c3)c(Cl)cn2)CC1. The van der Waals surface area contributed by atoms with Gasteiger partial charge in [-0.1, -0.05) is 11.6 Å². The van der Waals surface area contributed by atoms with Crippen molar-refractivity contribution in [3.63, 3.8) is 0 Å². The van der Waals surface area contributed by atoms with E-state index in [9.17, 15) is 9.65 Å². The van der Waals surface area contributed by atoms with Crippen LogP contribution in [0.25, 0.3) is 11.1 Å². The molecule has 0 spiro atoms. The Morgan fingerprint density at radius 1 is 1.19 bits per heavy atom. The number of methoxy groups -OCH3 is 1. The summed E-state index contributed by atoms with van der Waals surface area (Å²) in [6.45, 7) is 4.24. The van der Waals surface area contributed by atoms with Crippen LogP contribution in [0.3, 0.4) is 0 Å². The first-order valence-corrected chi connectivity index (χ1v) is 13.3. The van der Waals surface area contributed by atoms with E-state index in [-0.39, 0.29) is 5.69 Å². The summed E-state index contributed by atoms with van der Waals surface area (Å²) in [6, 6.07) is 7.13. The lowest BCUT2D eigenvalue weighted by molar-refractivity contribution is 0.0456. The summed E-state index contributed by atoms with van der Waals surface area (Å²) in [5.74, 6) is 0.116. The predicted molar refractivity (Wildman–Crippen MR) is 143 cm³/mol. The lowest BCUT2D eigenvalue weighted by Gasteiger charge is -2.32. The first kappa shape index (κ1) is 27.5. The molecule has 0 aromatic carbocycles. The molecule has 8 nitrogen and oxygen atoms in total. The van der Waals surface area contributed by atoms with Crippen molar-refractivity contribution >= 4 is 23.1 Å².